The third-order valence-corrected chi connectivity index (χ3v) is 5.83. The fourth-order valence-corrected chi connectivity index (χ4v) is 4.13. The normalized spacial score (nSPS) is 21.6. The van der Waals surface area contributed by atoms with Crippen LogP contribution < -0.4 is 0 Å². The standard InChI is InChI=1S/C25H42O5/c1-4-5-10-13-20(26)16-17-22-21(23(27)18-24(22)28)14-11-8-6-7-9-12-15-25(29)30-19(2)3/h8,11,19,21-22,24,28H,4-7,9-10,12-18H2,1-3H3/t21-,22-,24-/m1/s1. The average Bonchev–Trinajstić information content (AvgIpc) is 2.94. The summed E-state index contributed by atoms with van der Waals surface area (Å²) in [4.78, 5) is 35.8. The number of hydrogen-bond acceptors (Lipinski definition) is 5. The van der Waals surface area contributed by atoms with Crippen LogP contribution in [0.1, 0.15) is 104 Å². The zero-order valence-corrected chi connectivity index (χ0v) is 19.2. The van der Waals surface area contributed by atoms with Crippen molar-refractivity contribution >= 4 is 17.5 Å². The largest absolute Gasteiger partial charge is 0.463 e. The van der Waals surface area contributed by atoms with Crippen molar-refractivity contribution < 1.29 is 24.2 Å². The van der Waals surface area contributed by atoms with Gasteiger partial charge in [-0.15, -0.1) is 0 Å². The lowest BCUT2D eigenvalue weighted by Gasteiger charge is -2.19. The molecule has 1 saturated carbocycles. The molecule has 1 rings (SSSR count). The minimum absolute atomic E-state index is 0.0553. The molecule has 0 aliphatic heterocycles. The number of carbonyl (C=O) groups excluding carboxylic acids is 3. The molecule has 0 aromatic heterocycles. The number of allylic oxidation sites excluding steroid dienone is 2. The second-order valence-corrected chi connectivity index (χ2v) is 8.89. The van der Waals surface area contributed by atoms with E-state index in [1.54, 1.807) is 0 Å². The molecule has 1 aliphatic rings. The third kappa shape index (κ3) is 11.1. The van der Waals surface area contributed by atoms with Crippen LogP contribution in [-0.2, 0) is 19.1 Å². The van der Waals surface area contributed by atoms with Gasteiger partial charge in [0, 0.05) is 31.6 Å². The summed E-state index contributed by atoms with van der Waals surface area (Å²) in [5.74, 6) is -0.00992. The van der Waals surface area contributed by atoms with Crippen LogP contribution in [0.15, 0.2) is 12.2 Å². The quantitative estimate of drug-likeness (QED) is 0.206. The minimum Gasteiger partial charge on any atom is -0.463 e. The van der Waals surface area contributed by atoms with E-state index in [2.05, 4.69) is 13.0 Å². The van der Waals surface area contributed by atoms with Gasteiger partial charge in [0.1, 0.15) is 11.6 Å². The van der Waals surface area contributed by atoms with Crippen molar-refractivity contribution in [3.05, 3.63) is 12.2 Å². The lowest BCUT2D eigenvalue weighted by molar-refractivity contribution is -0.147. The first kappa shape index (κ1) is 26.5. The van der Waals surface area contributed by atoms with Gasteiger partial charge in [-0.2, -0.15) is 0 Å². The third-order valence-electron chi connectivity index (χ3n) is 5.83. The van der Waals surface area contributed by atoms with E-state index in [1.165, 1.54) is 0 Å². The Hall–Kier alpha value is -1.49. The number of esters is 1. The van der Waals surface area contributed by atoms with Crippen LogP contribution in [0.2, 0.25) is 0 Å². The molecule has 0 unspecified atom stereocenters. The molecular formula is C25H42O5. The van der Waals surface area contributed by atoms with E-state index in [4.69, 9.17) is 4.74 Å². The van der Waals surface area contributed by atoms with Gasteiger partial charge in [0.2, 0.25) is 0 Å². The van der Waals surface area contributed by atoms with Gasteiger partial charge in [0.05, 0.1) is 12.2 Å². The number of ketones is 2. The number of aliphatic hydroxyl groups is 1. The fourth-order valence-electron chi connectivity index (χ4n) is 4.13. The Morgan fingerprint density at radius 2 is 1.80 bits per heavy atom. The van der Waals surface area contributed by atoms with Gasteiger partial charge in [-0.1, -0.05) is 38.3 Å². The molecule has 0 radical (unpaired) electrons. The number of ether oxygens (including phenoxy) is 1. The van der Waals surface area contributed by atoms with E-state index in [0.717, 1.165) is 44.9 Å². The number of Topliss-reactive ketones (excluding diaryl/α,β-unsaturated/α-hetero) is 2. The van der Waals surface area contributed by atoms with E-state index in [-0.39, 0.29) is 41.9 Å². The second kappa shape index (κ2) is 15.3. The Balaban J connectivity index is 2.26. The van der Waals surface area contributed by atoms with Crippen molar-refractivity contribution in [3.8, 4) is 0 Å². The summed E-state index contributed by atoms with van der Waals surface area (Å²) in [6, 6.07) is 0. The van der Waals surface area contributed by atoms with Crippen LogP contribution in [0.25, 0.3) is 0 Å². The highest BCUT2D eigenvalue weighted by molar-refractivity contribution is 5.84. The molecule has 5 nitrogen and oxygen atoms in total. The van der Waals surface area contributed by atoms with E-state index in [9.17, 15) is 19.5 Å². The molecule has 0 amide bonds. The average molecular weight is 423 g/mol. The lowest BCUT2D eigenvalue weighted by atomic mass is 9.86. The molecular weight excluding hydrogens is 380 g/mol. The molecule has 1 aliphatic carbocycles. The molecule has 0 aromatic carbocycles. The van der Waals surface area contributed by atoms with Crippen LogP contribution in [0.3, 0.4) is 0 Å². The van der Waals surface area contributed by atoms with E-state index in [1.807, 2.05) is 19.9 Å². The maximum absolute atomic E-state index is 12.3. The van der Waals surface area contributed by atoms with Gasteiger partial charge in [0.25, 0.3) is 0 Å². The molecule has 0 aromatic rings. The molecule has 5 heteroatoms. The Morgan fingerprint density at radius 1 is 1.07 bits per heavy atom. The molecule has 0 saturated heterocycles. The molecule has 3 atom stereocenters. The molecule has 0 spiro atoms. The van der Waals surface area contributed by atoms with Crippen LogP contribution in [0.4, 0.5) is 0 Å². The molecule has 1 N–H and O–H groups in total. The summed E-state index contributed by atoms with van der Waals surface area (Å²) in [7, 11) is 0. The van der Waals surface area contributed by atoms with Crippen LogP contribution in [0, 0.1) is 11.8 Å². The first-order valence-electron chi connectivity index (χ1n) is 11.9. The van der Waals surface area contributed by atoms with Gasteiger partial charge in [-0.25, -0.2) is 0 Å². The van der Waals surface area contributed by atoms with Gasteiger partial charge >= 0.3 is 5.97 Å². The smallest absolute Gasteiger partial charge is 0.306 e. The first-order chi connectivity index (χ1) is 14.3. The van der Waals surface area contributed by atoms with Gasteiger partial charge in [-0.3, -0.25) is 14.4 Å². The number of rotatable bonds is 16. The zero-order valence-electron chi connectivity index (χ0n) is 19.2. The van der Waals surface area contributed by atoms with Gasteiger partial charge < -0.3 is 9.84 Å². The van der Waals surface area contributed by atoms with Crippen molar-refractivity contribution in [3.63, 3.8) is 0 Å². The highest BCUT2D eigenvalue weighted by Gasteiger charge is 2.40. The zero-order chi connectivity index (χ0) is 22.4. The van der Waals surface area contributed by atoms with Crippen molar-refractivity contribution in [2.75, 3.05) is 0 Å². The highest BCUT2D eigenvalue weighted by Crippen LogP contribution is 2.35. The number of unbranched alkanes of at least 4 members (excludes halogenated alkanes) is 5. The summed E-state index contributed by atoms with van der Waals surface area (Å²) >= 11 is 0. The number of hydrogen-bond donors (Lipinski definition) is 1. The lowest BCUT2D eigenvalue weighted by Crippen LogP contribution is -2.21. The maximum atomic E-state index is 12.3. The molecule has 0 heterocycles. The summed E-state index contributed by atoms with van der Waals surface area (Å²) in [5.41, 5.74) is 0. The van der Waals surface area contributed by atoms with E-state index >= 15 is 0 Å². The predicted octanol–water partition coefficient (Wildman–Crippen LogP) is 5.33. The minimum atomic E-state index is -0.607. The molecule has 30 heavy (non-hydrogen) atoms. The van der Waals surface area contributed by atoms with Crippen molar-refractivity contribution in [2.24, 2.45) is 11.8 Å². The Bertz CT molecular complexity index is 552. The van der Waals surface area contributed by atoms with E-state index in [0.29, 0.717) is 32.1 Å². The van der Waals surface area contributed by atoms with Crippen molar-refractivity contribution in [1.29, 1.82) is 0 Å². The van der Waals surface area contributed by atoms with Crippen LogP contribution >= 0.6 is 0 Å². The summed E-state index contributed by atoms with van der Waals surface area (Å²) in [6.07, 6.45) is 13.4. The van der Waals surface area contributed by atoms with Gasteiger partial charge in [0.15, 0.2) is 0 Å². The van der Waals surface area contributed by atoms with Crippen molar-refractivity contribution in [2.45, 2.75) is 116 Å². The molecule has 0 bridgehead atoms. The Morgan fingerprint density at radius 3 is 2.50 bits per heavy atom. The highest BCUT2D eigenvalue weighted by atomic mass is 16.5. The van der Waals surface area contributed by atoms with E-state index < -0.39 is 6.10 Å². The first-order valence-corrected chi connectivity index (χ1v) is 11.9. The molecule has 1 fully saturated rings. The Kier molecular flexibility index (Phi) is 13.6. The summed E-state index contributed by atoms with van der Waals surface area (Å²) in [6.45, 7) is 5.83. The van der Waals surface area contributed by atoms with Crippen LogP contribution in [-0.4, -0.2) is 34.9 Å². The summed E-state index contributed by atoms with van der Waals surface area (Å²) < 4.78 is 5.11. The summed E-state index contributed by atoms with van der Waals surface area (Å²) in [5, 5.41) is 10.3. The predicted molar refractivity (Wildman–Crippen MR) is 119 cm³/mol. The topological polar surface area (TPSA) is 80.7 Å². The number of aliphatic hydroxyl groups excluding tert-OH is 1. The molecule has 172 valence electrons. The monoisotopic (exact) mass is 422 g/mol. The second-order valence-electron chi connectivity index (χ2n) is 8.89. The van der Waals surface area contributed by atoms with Gasteiger partial charge in [-0.05, 0) is 58.3 Å². The SMILES string of the molecule is CCCCCC(=O)CC[C@H]1[C@H](O)CC(=O)[C@@H]1CC=CCCCCCC(=O)OC(C)C. The van der Waals surface area contributed by atoms with Crippen molar-refractivity contribution in [1.82, 2.24) is 0 Å². The number of carbonyl (C=O) groups is 3. The Labute approximate surface area is 182 Å². The fraction of sp³-hybridized carbons (Fsp3) is 0.800. The maximum Gasteiger partial charge on any atom is 0.306 e. The van der Waals surface area contributed by atoms with Crippen LogP contribution in [0.5, 0.6) is 0 Å².